The van der Waals surface area contributed by atoms with E-state index in [1.807, 2.05) is 0 Å². The predicted octanol–water partition coefficient (Wildman–Crippen LogP) is 2.00. The molecule has 0 aromatic carbocycles. The molecule has 1 aliphatic carbocycles. The molecule has 16 heavy (non-hydrogen) atoms. The Morgan fingerprint density at radius 2 is 1.75 bits per heavy atom. The first-order chi connectivity index (χ1) is 7.68. The van der Waals surface area contributed by atoms with Crippen molar-refractivity contribution in [3.05, 3.63) is 0 Å². The van der Waals surface area contributed by atoms with Crippen LogP contribution in [0.2, 0.25) is 0 Å². The van der Waals surface area contributed by atoms with Gasteiger partial charge in [0.25, 0.3) is 0 Å². The summed E-state index contributed by atoms with van der Waals surface area (Å²) in [5, 5.41) is 8.93. The van der Waals surface area contributed by atoms with E-state index in [4.69, 9.17) is 5.11 Å². The largest absolute Gasteiger partial charge is 0.465 e. The normalized spacial score (nSPS) is 31.6. The van der Waals surface area contributed by atoms with Gasteiger partial charge in [0.2, 0.25) is 0 Å². The number of carboxylic acid groups (broad SMARTS) is 1. The lowest BCUT2D eigenvalue weighted by atomic mass is 9.89. The predicted molar refractivity (Wildman–Crippen MR) is 62.6 cm³/mol. The average molecular weight is 226 g/mol. The number of rotatable bonds is 2. The molecular weight excluding hydrogens is 204 g/mol. The molecule has 2 aliphatic rings. The maximum absolute atomic E-state index is 10.9. The molecule has 0 bridgehead atoms. The molecule has 0 aromatic heterocycles. The highest BCUT2D eigenvalue weighted by Crippen LogP contribution is 2.28. The van der Waals surface area contributed by atoms with Gasteiger partial charge in [0.15, 0.2) is 0 Å². The van der Waals surface area contributed by atoms with Crippen molar-refractivity contribution >= 4 is 6.09 Å². The van der Waals surface area contributed by atoms with Gasteiger partial charge >= 0.3 is 6.09 Å². The van der Waals surface area contributed by atoms with Crippen molar-refractivity contribution in [2.45, 2.75) is 50.6 Å². The summed E-state index contributed by atoms with van der Waals surface area (Å²) in [5.41, 5.74) is 0. The lowest BCUT2D eigenvalue weighted by molar-refractivity contribution is 0.104. The number of nitrogens with zero attached hydrogens (tertiary/aromatic N) is 2. The molecule has 0 spiro atoms. The topological polar surface area (TPSA) is 43.8 Å². The van der Waals surface area contributed by atoms with Crippen LogP contribution in [0.3, 0.4) is 0 Å². The molecule has 2 fully saturated rings. The summed E-state index contributed by atoms with van der Waals surface area (Å²) in [5.74, 6) is 0. The number of likely N-dealkylation sites (tertiary alicyclic amines) is 1. The first-order valence-electron chi connectivity index (χ1n) is 6.38. The summed E-state index contributed by atoms with van der Waals surface area (Å²) in [6.07, 6.45) is 6.30. The molecule has 1 saturated heterocycles. The molecule has 1 heterocycles. The van der Waals surface area contributed by atoms with Gasteiger partial charge in [-0.25, -0.2) is 4.79 Å². The second-order valence-corrected chi connectivity index (χ2v) is 5.10. The maximum Gasteiger partial charge on any atom is 0.407 e. The highest BCUT2D eigenvalue weighted by Gasteiger charge is 2.30. The zero-order chi connectivity index (χ0) is 11.5. The fourth-order valence-corrected chi connectivity index (χ4v) is 3.07. The van der Waals surface area contributed by atoms with Crippen molar-refractivity contribution in [3.8, 4) is 0 Å². The van der Waals surface area contributed by atoms with Gasteiger partial charge in [-0.05, 0) is 51.6 Å². The van der Waals surface area contributed by atoms with Gasteiger partial charge in [-0.15, -0.1) is 0 Å². The van der Waals surface area contributed by atoms with E-state index in [1.165, 1.54) is 43.7 Å². The van der Waals surface area contributed by atoms with Crippen LogP contribution < -0.4 is 0 Å². The lowest BCUT2D eigenvalue weighted by Gasteiger charge is -2.37. The van der Waals surface area contributed by atoms with Gasteiger partial charge in [-0.1, -0.05) is 0 Å². The van der Waals surface area contributed by atoms with E-state index in [9.17, 15) is 4.79 Å². The third-order valence-electron chi connectivity index (χ3n) is 4.17. The molecule has 4 nitrogen and oxygen atoms in total. The summed E-state index contributed by atoms with van der Waals surface area (Å²) in [6.45, 7) is 2.51. The van der Waals surface area contributed by atoms with Crippen LogP contribution >= 0.6 is 0 Å². The maximum atomic E-state index is 10.9. The Hall–Kier alpha value is -0.770. The van der Waals surface area contributed by atoms with Gasteiger partial charge in [0.05, 0.1) is 0 Å². The first kappa shape index (κ1) is 11.7. The van der Waals surface area contributed by atoms with Crippen molar-refractivity contribution in [1.82, 2.24) is 9.80 Å². The van der Waals surface area contributed by atoms with E-state index in [1.54, 1.807) is 7.05 Å². The van der Waals surface area contributed by atoms with E-state index in [2.05, 4.69) is 4.90 Å². The van der Waals surface area contributed by atoms with Crippen LogP contribution in [0.5, 0.6) is 0 Å². The molecule has 1 amide bonds. The number of hydrogen-bond donors (Lipinski definition) is 1. The molecule has 0 aromatic rings. The van der Waals surface area contributed by atoms with Crippen LogP contribution in [-0.2, 0) is 0 Å². The molecule has 0 atom stereocenters. The molecule has 92 valence electrons. The summed E-state index contributed by atoms with van der Waals surface area (Å²) in [6, 6.07) is 0.970. The summed E-state index contributed by atoms with van der Waals surface area (Å²) < 4.78 is 0. The SMILES string of the molecule is CN(C(=O)O)C1CCC(N2CCCC2)CC1. The zero-order valence-corrected chi connectivity index (χ0v) is 10.1. The van der Waals surface area contributed by atoms with Crippen LogP contribution in [0.15, 0.2) is 0 Å². The highest BCUT2D eigenvalue weighted by atomic mass is 16.4. The molecule has 1 N–H and O–H groups in total. The van der Waals surface area contributed by atoms with Crippen molar-refractivity contribution < 1.29 is 9.90 Å². The first-order valence-corrected chi connectivity index (χ1v) is 6.38. The minimum Gasteiger partial charge on any atom is -0.465 e. The number of amides is 1. The average Bonchev–Trinajstić information content (AvgIpc) is 2.81. The number of carbonyl (C=O) groups is 1. The van der Waals surface area contributed by atoms with E-state index in [0.717, 1.165) is 18.9 Å². The van der Waals surface area contributed by atoms with E-state index in [-0.39, 0.29) is 6.04 Å². The quantitative estimate of drug-likeness (QED) is 0.783. The molecule has 0 unspecified atom stereocenters. The standard InChI is InChI=1S/C12H22N2O2/c1-13(12(15)16)10-4-6-11(7-5-10)14-8-2-3-9-14/h10-11H,2-9H2,1H3,(H,15,16). The third-order valence-corrected chi connectivity index (χ3v) is 4.17. The van der Waals surface area contributed by atoms with Crippen LogP contribution in [0, 0.1) is 0 Å². The van der Waals surface area contributed by atoms with Crippen molar-refractivity contribution in [2.75, 3.05) is 20.1 Å². The van der Waals surface area contributed by atoms with Gasteiger partial charge < -0.3 is 14.9 Å². The van der Waals surface area contributed by atoms with Gasteiger partial charge in [0, 0.05) is 19.1 Å². The van der Waals surface area contributed by atoms with E-state index in [0.29, 0.717) is 0 Å². The minimum atomic E-state index is -0.787. The Balaban J connectivity index is 1.79. The molecule has 2 rings (SSSR count). The van der Waals surface area contributed by atoms with Crippen molar-refractivity contribution in [2.24, 2.45) is 0 Å². The van der Waals surface area contributed by atoms with Gasteiger partial charge in [0.1, 0.15) is 0 Å². The number of hydrogen-bond acceptors (Lipinski definition) is 2. The van der Waals surface area contributed by atoms with Gasteiger partial charge in [-0.2, -0.15) is 0 Å². The Labute approximate surface area is 97.2 Å². The van der Waals surface area contributed by atoms with Gasteiger partial charge in [-0.3, -0.25) is 0 Å². The van der Waals surface area contributed by atoms with E-state index >= 15 is 0 Å². The second kappa shape index (κ2) is 5.04. The third kappa shape index (κ3) is 2.48. The Morgan fingerprint density at radius 3 is 2.25 bits per heavy atom. The second-order valence-electron chi connectivity index (χ2n) is 5.10. The highest BCUT2D eigenvalue weighted by molar-refractivity contribution is 5.64. The van der Waals surface area contributed by atoms with Crippen molar-refractivity contribution in [3.63, 3.8) is 0 Å². The summed E-state index contributed by atoms with van der Waals surface area (Å²) in [4.78, 5) is 14.9. The van der Waals surface area contributed by atoms with Crippen LogP contribution in [-0.4, -0.2) is 53.2 Å². The minimum absolute atomic E-state index is 0.247. The molecule has 1 saturated carbocycles. The lowest BCUT2D eigenvalue weighted by Crippen LogP contribution is -2.43. The zero-order valence-electron chi connectivity index (χ0n) is 10.1. The molecular formula is C12H22N2O2. The Kier molecular flexibility index (Phi) is 3.69. The fraction of sp³-hybridized carbons (Fsp3) is 0.917. The van der Waals surface area contributed by atoms with Crippen LogP contribution in [0.1, 0.15) is 38.5 Å². The summed E-state index contributed by atoms with van der Waals surface area (Å²) in [7, 11) is 1.70. The Morgan fingerprint density at radius 1 is 1.19 bits per heavy atom. The monoisotopic (exact) mass is 226 g/mol. The fourth-order valence-electron chi connectivity index (χ4n) is 3.07. The Bertz CT molecular complexity index is 243. The van der Waals surface area contributed by atoms with Crippen LogP contribution in [0.4, 0.5) is 4.79 Å². The van der Waals surface area contributed by atoms with Crippen molar-refractivity contribution in [1.29, 1.82) is 0 Å². The molecule has 0 radical (unpaired) electrons. The van der Waals surface area contributed by atoms with E-state index < -0.39 is 6.09 Å². The smallest absolute Gasteiger partial charge is 0.407 e. The van der Waals surface area contributed by atoms with Crippen LogP contribution in [0.25, 0.3) is 0 Å². The molecule has 4 heteroatoms. The molecule has 1 aliphatic heterocycles. The summed E-state index contributed by atoms with van der Waals surface area (Å²) >= 11 is 0.